The highest BCUT2D eigenvalue weighted by Crippen LogP contribution is 2.31. The van der Waals surface area contributed by atoms with Gasteiger partial charge in [-0.2, -0.15) is 18.3 Å². The lowest BCUT2D eigenvalue weighted by atomic mass is 10.1. The molecule has 1 aromatic heterocycles. The van der Waals surface area contributed by atoms with Crippen molar-refractivity contribution in [1.29, 1.82) is 0 Å². The average Bonchev–Trinajstić information content (AvgIpc) is 3.14. The van der Waals surface area contributed by atoms with Gasteiger partial charge in [-0.15, -0.1) is 0 Å². The fourth-order valence-corrected chi connectivity index (χ4v) is 4.03. The van der Waals surface area contributed by atoms with Crippen LogP contribution in [0, 0.1) is 0 Å². The maximum atomic E-state index is 12.8. The monoisotopic (exact) mass is 463 g/mol. The first-order valence-electron chi connectivity index (χ1n) is 10.6. The molecule has 2 aliphatic rings. The number of hydrogen-bond acceptors (Lipinski definition) is 4. The topological polar surface area (TPSA) is 87.5 Å². The lowest BCUT2D eigenvalue weighted by molar-refractivity contribution is -0.137. The fraction of sp³-hybridized carbons (Fsp3) is 0.455. The van der Waals surface area contributed by atoms with Gasteiger partial charge in [0.05, 0.1) is 23.5 Å². The molecule has 4 amide bonds. The molecule has 0 saturated carbocycles. The lowest BCUT2D eigenvalue weighted by Crippen LogP contribution is -2.41. The molecule has 0 unspecified atom stereocenters. The Labute approximate surface area is 188 Å². The molecular formula is C22H24F3N5O3. The van der Waals surface area contributed by atoms with Gasteiger partial charge in [-0.1, -0.05) is 12.1 Å². The van der Waals surface area contributed by atoms with Crippen molar-refractivity contribution in [3.8, 4) is 11.3 Å². The number of amides is 4. The Morgan fingerprint density at radius 1 is 1.15 bits per heavy atom. The first-order chi connectivity index (χ1) is 15.5. The number of hydrogen-bond donors (Lipinski definition) is 1. The number of aryl methyl sites for hydroxylation is 1. The second kappa shape index (κ2) is 8.20. The molecule has 33 heavy (non-hydrogen) atoms. The van der Waals surface area contributed by atoms with E-state index in [1.807, 2.05) is 0 Å². The molecule has 2 aromatic rings. The number of nitrogens with zero attached hydrogens (tertiary/aromatic N) is 4. The van der Waals surface area contributed by atoms with E-state index in [1.54, 1.807) is 29.5 Å². The number of imide groups is 1. The number of aromatic nitrogens is 2. The fourth-order valence-electron chi connectivity index (χ4n) is 4.03. The number of urea groups is 1. The zero-order chi connectivity index (χ0) is 24.0. The molecule has 8 nitrogen and oxygen atoms in total. The molecule has 11 heteroatoms. The second-order valence-corrected chi connectivity index (χ2v) is 8.75. The Morgan fingerprint density at radius 2 is 1.85 bits per heavy atom. The minimum atomic E-state index is -4.40. The first kappa shape index (κ1) is 22.8. The number of rotatable bonds is 4. The molecule has 0 bridgehead atoms. The number of nitrogens with one attached hydrogen (secondary N) is 1. The quantitative estimate of drug-likeness (QED) is 0.707. The molecule has 0 radical (unpaired) electrons. The van der Waals surface area contributed by atoms with Crippen molar-refractivity contribution in [2.45, 2.75) is 51.5 Å². The lowest BCUT2D eigenvalue weighted by Gasteiger charge is -2.21. The van der Waals surface area contributed by atoms with Crippen LogP contribution in [0.5, 0.6) is 0 Å². The highest BCUT2D eigenvalue weighted by molar-refractivity contribution is 6.06. The molecule has 0 aliphatic carbocycles. The molecule has 176 valence electrons. The second-order valence-electron chi connectivity index (χ2n) is 8.75. The summed E-state index contributed by atoms with van der Waals surface area (Å²) in [5.74, 6) is -0.554. The van der Waals surface area contributed by atoms with E-state index < -0.39 is 23.3 Å². The average molecular weight is 463 g/mol. The summed E-state index contributed by atoms with van der Waals surface area (Å²) in [4.78, 5) is 39.9. The normalized spacial score (nSPS) is 18.2. The summed E-state index contributed by atoms with van der Waals surface area (Å²) in [6, 6.07) is 6.07. The smallest absolute Gasteiger partial charge is 0.337 e. The van der Waals surface area contributed by atoms with E-state index in [2.05, 4.69) is 10.4 Å². The van der Waals surface area contributed by atoms with E-state index in [4.69, 9.17) is 0 Å². The minimum Gasteiger partial charge on any atom is -0.337 e. The maximum absolute atomic E-state index is 12.8. The van der Waals surface area contributed by atoms with Crippen molar-refractivity contribution >= 4 is 17.8 Å². The van der Waals surface area contributed by atoms with Crippen LogP contribution in [0.15, 0.2) is 30.3 Å². The van der Waals surface area contributed by atoms with Crippen molar-refractivity contribution in [3.05, 3.63) is 41.6 Å². The summed E-state index contributed by atoms with van der Waals surface area (Å²) in [5.41, 5.74) is 0.158. The van der Waals surface area contributed by atoms with E-state index in [-0.39, 0.29) is 31.3 Å². The summed E-state index contributed by atoms with van der Waals surface area (Å²) in [7, 11) is 0. The van der Waals surface area contributed by atoms with Gasteiger partial charge in [0, 0.05) is 31.6 Å². The third-order valence-electron chi connectivity index (χ3n) is 5.87. The van der Waals surface area contributed by atoms with Gasteiger partial charge >= 0.3 is 12.2 Å². The van der Waals surface area contributed by atoms with Gasteiger partial charge in [-0.25, -0.2) is 4.79 Å². The third kappa shape index (κ3) is 4.57. The van der Waals surface area contributed by atoms with Crippen LogP contribution in [0.25, 0.3) is 11.3 Å². The Balaban J connectivity index is 1.43. The van der Waals surface area contributed by atoms with Crippen molar-refractivity contribution in [1.82, 2.24) is 24.9 Å². The van der Waals surface area contributed by atoms with Crippen LogP contribution in [-0.2, 0) is 28.9 Å². The number of carbonyl (C=O) groups excluding carboxylic acids is 3. The number of halogens is 3. The van der Waals surface area contributed by atoms with E-state index in [1.165, 1.54) is 12.1 Å². The van der Waals surface area contributed by atoms with Gasteiger partial charge in [0.25, 0.3) is 5.91 Å². The van der Waals surface area contributed by atoms with Crippen molar-refractivity contribution in [2.75, 3.05) is 13.1 Å². The summed E-state index contributed by atoms with van der Waals surface area (Å²) in [5, 5.41) is 7.09. The minimum absolute atomic E-state index is 0.000500. The van der Waals surface area contributed by atoms with Crippen molar-refractivity contribution in [3.63, 3.8) is 0 Å². The van der Waals surface area contributed by atoms with E-state index in [0.29, 0.717) is 30.8 Å². The maximum Gasteiger partial charge on any atom is 0.416 e. The van der Waals surface area contributed by atoms with Gasteiger partial charge in [0.1, 0.15) is 5.54 Å². The number of alkyl halides is 3. The van der Waals surface area contributed by atoms with Crippen LogP contribution < -0.4 is 5.32 Å². The zero-order valence-corrected chi connectivity index (χ0v) is 18.3. The molecule has 1 aromatic carbocycles. The molecule has 1 N–H and O–H groups in total. The molecule has 0 atom stereocenters. The predicted octanol–water partition coefficient (Wildman–Crippen LogP) is 3.02. The van der Waals surface area contributed by atoms with Crippen molar-refractivity contribution < 1.29 is 27.6 Å². The van der Waals surface area contributed by atoms with Crippen LogP contribution in [0.2, 0.25) is 0 Å². The van der Waals surface area contributed by atoms with Gasteiger partial charge in [-0.3, -0.25) is 19.2 Å². The van der Waals surface area contributed by atoms with Gasteiger partial charge in [0.2, 0.25) is 5.91 Å². The van der Waals surface area contributed by atoms with E-state index in [9.17, 15) is 27.6 Å². The van der Waals surface area contributed by atoms with Crippen LogP contribution in [0.3, 0.4) is 0 Å². The molecule has 1 fully saturated rings. The molecule has 2 aliphatic heterocycles. The molecule has 3 heterocycles. The van der Waals surface area contributed by atoms with Gasteiger partial charge < -0.3 is 10.2 Å². The number of fused-ring (bicyclic) bond motifs is 1. The molecular weight excluding hydrogens is 439 g/mol. The van der Waals surface area contributed by atoms with Crippen molar-refractivity contribution in [2.24, 2.45) is 0 Å². The Morgan fingerprint density at radius 3 is 2.45 bits per heavy atom. The van der Waals surface area contributed by atoms with Crippen LogP contribution in [0.1, 0.15) is 37.9 Å². The molecule has 4 rings (SSSR count). The standard InChI is InChI=1S/C22H24F3N5O3/c1-21(2)19(32)29(20(33)26-21)11-8-18(31)28-9-3-10-30-16(13-28)12-17(27-30)14-4-6-15(7-5-14)22(23,24)25/h4-7,12H,3,8-11,13H2,1-2H3,(H,26,33). The van der Waals surface area contributed by atoms with Crippen LogP contribution in [-0.4, -0.2) is 56.1 Å². The number of carbonyl (C=O) groups is 3. The first-order valence-corrected chi connectivity index (χ1v) is 10.6. The van der Waals surface area contributed by atoms with E-state index >= 15 is 0 Å². The molecule has 1 saturated heterocycles. The predicted molar refractivity (Wildman–Crippen MR) is 112 cm³/mol. The van der Waals surface area contributed by atoms with Gasteiger partial charge in [-0.05, 0) is 38.5 Å². The summed E-state index contributed by atoms with van der Waals surface area (Å²) >= 11 is 0. The largest absolute Gasteiger partial charge is 0.416 e. The third-order valence-corrected chi connectivity index (χ3v) is 5.87. The Hall–Kier alpha value is -3.37. The van der Waals surface area contributed by atoms with Gasteiger partial charge in [0.15, 0.2) is 0 Å². The summed E-state index contributed by atoms with van der Waals surface area (Å²) in [6.45, 7) is 4.58. The van der Waals surface area contributed by atoms with Crippen LogP contribution in [0.4, 0.5) is 18.0 Å². The highest BCUT2D eigenvalue weighted by Gasteiger charge is 2.44. The summed E-state index contributed by atoms with van der Waals surface area (Å²) in [6.07, 6.45) is -3.74. The highest BCUT2D eigenvalue weighted by atomic mass is 19.4. The van der Waals surface area contributed by atoms with Crippen LogP contribution >= 0.6 is 0 Å². The Bertz CT molecular complexity index is 1090. The molecule has 0 spiro atoms. The number of benzene rings is 1. The SMILES string of the molecule is CC1(C)NC(=O)N(CCC(=O)N2CCCn3nc(-c4ccc(C(F)(F)F)cc4)cc3C2)C1=O. The Kier molecular flexibility index (Phi) is 5.67. The summed E-state index contributed by atoms with van der Waals surface area (Å²) < 4.78 is 40.2. The zero-order valence-electron chi connectivity index (χ0n) is 18.3. The van der Waals surface area contributed by atoms with E-state index in [0.717, 1.165) is 22.7 Å².